The van der Waals surface area contributed by atoms with Crippen molar-refractivity contribution in [3.05, 3.63) is 24.3 Å². The van der Waals surface area contributed by atoms with E-state index < -0.39 is 10.0 Å². The third-order valence-electron chi connectivity index (χ3n) is 3.49. The van der Waals surface area contributed by atoms with Gasteiger partial charge in [-0.1, -0.05) is 12.1 Å². The molecule has 1 aromatic carbocycles. The minimum absolute atomic E-state index is 0.120. The van der Waals surface area contributed by atoms with Crippen molar-refractivity contribution >= 4 is 15.7 Å². The Morgan fingerprint density at radius 2 is 1.95 bits per heavy atom. The molecule has 1 atom stereocenters. The topological polar surface area (TPSA) is 61.4 Å². The third-order valence-corrected chi connectivity index (χ3v) is 5.07. The lowest BCUT2D eigenvalue weighted by molar-refractivity contribution is 0.390. The number of nitrogens with zero attached hydrogens (tertiary/aromatic N) is 1. The van der Waals surface area contributed by atoms with E-state index in [-0.39, 0.29) is 12.1 Å². The van der Waals surface area contributed by atoms with Gasteiger partial charge in [0.15, 0.2) is 0 Å². The Morgan fingerprint density at radius 1 is 1.29 bits per heavy atom. The van der Waals surface area contributed by atoms with E-state index in [9.17, 15) is 8.42 Å². The molecule has 2 rings (SSSR count). The Hall–Kier alpha value is -1.11. The second-order valence-corrected chi connectivity index (χ2v) is 7.71. The fourth-order valence-electron chi connectivity index (χ4n) is 2.09. The van der Waals surface area contributed by atoms with Crippen molar-refractivity contribution in [1.29, 1.82) is 0 Å². The van der Waals surface area contributed by atoms with Crippen LogP contribution in [0.15, 0.2) is 29.2 Å². The van der Waals surface area contributed by atoms with Crippen LogP contribution in [-0.4, -0.2) is 46.0 Å². The number of benzene rings is 1. The Bertz CT molecular complexity index is 568. The number of hydrogen-bond donors (Lipinski definition) is 2. The number of para-hydroxylation sites is 1. The lowest BCUT2D eigenvalue weighted by Gasteiger charge is -2.20. The molecule has 0 spiro atoms. The van der Waals surface area contributed by atoms with Crippen molar-refractivity contribution in [2.24, 2.45) is 0 Å². The number of nitrogens with one attached hydrogen (secondary N) is 2. The highest BCUT2D eigenvalue weighted by Crippen LogP contribution is 2.26. The first-order valence-electron chi connectivity index (χ1n) is 7.41. The quantitative estimate of drug-likeness (QED) is 0.769. The maximum atomic E-state index is 12.4. The van der Waals surface area contributed by atoms with Crippen LogP contribution in [0.25, 0.3) is 0 Å². The summed E-state index contributed by atoms with van der Waals surface area (Å²) in [4.78, 5) is 2.46. The fourth-order valence-corrected chi connectivity index (χ4v) is 3.57. The molecule has 0 amide bonds. The van der Waals surface area contributed by atoms with E-state index in [2.05, 4.69) is 21.9 Å². The molecule has 1 unspecified atom stereocenters. The minimum atomic E-state index is -3.43. The molecule has 1 aliphatic carbocycles. The van der Waals surface area contributed by atoms with Gasteiger partial charge in [0.05, 0.1) is 5.69 Å². The SMILES string of the molecule is CC(CCN(C)C)Nc1ccccc1S(=O)(=O)NC1CC1. The van der Waals surface area contributed by atoms with Crippen molar-refractivity contribution in [3.63, 3.8) is 0 Å². The first-order chi connectivity index (χ1) is 9.88. The number of hydrogen-bond acceptors (Lipinski definition) is 4. The van der Waals surface area contributed by atoms with Gasteiger partial charge in [-0.3, -0.25) is 0 Å². The smallest absolute Gasteiger partial charge is 0.242 e. The second-order valence-electron chi connectivity index (χ2n) is 6.03. The fraction of sp³-hybridized carbons (Fsp3) is 0.600. The highest BCUT2D eigenvalue weighted by Gasteiger charge is 2.29. The van der Waals surface area contributed by atoms with E-state index in [4.69, 9.17) is 0 Å². The molecule has 1 saturated carbocycles. The zero-order chi connectivity index (χ0) is 15.5. The Balaban J connectivity index is 2.09. The molecule has 1 fully saturated rings. The van der Waals surface area contributed by atoms with Crippen LogP contribution in [0, 0.1) is 0 Å². The maximum Gasteiger partial charge on any atom is 0.242 e. The van der Waals surface area contributed by atoms with Gasteiger partial charge in [0, 0.05) is 12.1 Å². The molecule has 5 nitrogen and oxygen atoms in total. The third kappa shape index (κ3) is 4.98. The van der Waals surface area contributed by atoms with Crippen LogP contribution in [0.4, 0.5) is 5.69 Å². The molecular weight excluding hydrogens is 286 g/mol. The van der Waals surface area contributed by atoms with E-state index in [0.29, 0.717) is 10.6 Å². The van der Waals surface area contributed by atoms with E-state index in [1.807, 2.05) is 26.2 Å². The lowest BCUT2D eigenvalue weighted by atomic mass is 10.2. The van der Waals surface area contributed by atoms with E-state index in [1.54, 1.807) is 12.1 Å². The van der Waals surface area contributed by atoms with Crippen molar-refractivity contribution in [2.75, 3.05) is 26.0 Å². The largest absolute Gasteiger partial charge is 0.381 e. The molecule has 0 saturated heterocycles. The molecule has 21 heavy (non-hydrogen) atoms. The standard InChI is InChI=1S/C15H25N3O2S/c1-12(10-11-18(2)3)16-14-6-4-5-7-15(14)21(19,20)17-13-8-9-13/h4-7,12-13,16-17H,8-11H2,1-3H3. The van der Waals surface area contributed by atoms with Crippen molar-refractivity contribution in [1.82, 2.24) is 9.62 Å². The van der Waals surface area contributed by atoms with E-state index in [1.165, 1.54) is 0 Å². The normalized spacial score (nSPS) is 17.0. The summed E-state index contributed by atoms with van der Waals surface area (Å²) in [7, 11) is 0.637. The van der Waals surface area contributed by atoms with Gasteiger partial charge in [-0.05, 0) is 59.0 Å². The Kier molecular flexibility index (Phi) is 5.24. The van der Waals surface area contributed by atoms with Crippen molar-refractivity contribution in [3.8, 4) is 0 Å². The van der Waals surface area contributed by atoms with Crippen LogP contribution < -0.4 is 10.0 Å². The van der Waals surface area contributed by atoms with Crippen LogP contribution in [0.1, 0.15) is 26.2 Å². The summed E-state index contributed by atoms with van der Waals surface area (Å²) in [6, 6.07) is 7.44. The van der Waals surface area contributed by atoms with Gasteiger partial charge < -0.3 is 10.2 Å². The molecule has 0 aromatic heterocycles. The molecular formula is C15H25N3O2S. The summed E-state index contributed by atoms with van der Waals surface area (Å²) in [5.41, 5.74) is 0.678. The summed E-state index contributed by atoms with van der Waals surface area (Å²) >= 11 is 0. The van der Waals surface area contributed by atoms with Gasteiger partial charge >= 0.3 is 0 Å². The lowest BCUT2D eigenvalue weighted by Crippen LogP contribution is -2.28. The zero-order valence-electron chi connectivity index (χ0n) is 13.0. The van der Waals surface area contributed by atoms with Crippen LogP contribution in [-0.2, 0) is 10.0 Å². The minimum Gasteiger partial charge on any atom is -0.381 e. The summed E-state index contributed by atoms with van der Waals surface area (Å²) in [5.74, 6) is 0. The van der Waals surface area contributed by atoms with Gasteiger partial charge in [0.2, 0.25) is 10.0 Å². The Labute approximate surface area is 127 Å². The Morgan fingerprint density at radius 3 is 2.57 bits per heavy atom. The molecule has 1 aromatic rings. The zero-order valence-corrected chi connectivity index (χ0v) is 13.8. The van der Waals surface area contributed by atoms with Gasteiger partial charge in [-0.2, -0.15) is 0 Å². The summed E-state index contributed by atoms with van der Waals surface area (Å²) < 4.78 is 27.5. The summed E-state index contributed by atoms with van der Waals surface area (Å²) in [6.45, 7) is 3.03. The molecule has 0 aliphatic heterocycles. The van der Waals surface area contributed by atoms with Crippen molar-refractivity contribution in [2.45, 2.75) is 43.2 Å². The highest BCUT2D eigenvalue weighted by atomic mass is 32.2. The first-order valence-corrected chi connectivity index (χ1v) is 8.89. The second kappa shape index (κ2) is 6.77. The van der Waals surface area contributed by atoms with E-state index >= 15 is 0 Å². The number of sulfonamides is 1. The van der Waals surface area contributed by atoms with Gasteiger partial charge in [-0.15, -0.1) is 0 Å². The molecule has 0 radical (unpaired) electrons. The summed E-state index contributed by atoms with van der Waals surface area (Å²) in [5, 5.41) is 3.32. The van der Waals surface area contributed by atoms with Gasteiger partial charge in [0.1, 0.15) is 4.90 Å². The molecule has 6 heteroatoms. The summed E-state index contributed by atoms with van der Waals surface area (Å²) in [6.07, 6.45) is 2.83. The first kappa shape index (κ1) is 16.3. The molecule has 0 bridgehead atoms. The highest BCUT2D eigenvalue weighted by molar-refractivity contribution is 7.89. The molecule has 2 N–H and O–H groups in total. The number of rotatable bonds is 8. The van der Waals surface area contributed by atoms with Crippen LogP contribution >= 0.6 is 0 Å². The average Bonchev–Trinajstić information content (AvgIpc) is 3.20. The van der Waals surface area contributed by atoms with Gasteiger partial charge in [-0.25, -0.2) is 13.1 Å². The van der Waals surface area contributed by atoms with Crippen LogP contribution in [0.5, 0.6) is 0 Å². The predicted octanol–water partition coefficient (Wildman–Crippen LogP) is 1.88. The maximum absolute atomic E-state index is 12.4. The average molecular weight is 311 g/mol. The molecule has 1 aliphatic rings. The van der Waals surface area contributed by atoms with Crippen LogP contribution in [0.2, 0.25) is 0 Å². The molecule has 0 heterocycles. The monoisotopic (exact) mass is 311 g/mol. The van der Waals surface area contributed by atoms with Crippen molar-refractivity contribution < 1.29 is 8.42 Å². The van der Waals surface area contributed by atoms with Gasteiger partial charge in [0.25, 0.3) is 0 Å². The van der Waals surface area contributed by atoms with Crippen LogP contribution in [0.3, 0.4) is 0 Å². The predicted molar refractivity (Wildman–Crippen MR) is 86.0 cm³/mol. The number of anilines is 1. The molecule has 118 valence electrons. The van der Waals surface area contributed by atoms with E-state index in [0.717, 1.165) is 25.8 Å².